The summed E-state index contributed by atoms with van der Waals surface area (Å²) in [6.45, 7) is 2.69. The number of carboxylic acids is 1. The molecule has 0 aromatic rings. The molecule has 2 unspecified atom stereocenters. The van der Waals surface area contributed by atoms with E-state index in [1.54, 1.807) is 6.92 Å². The smallest absolute Gasteiger partial charge is 0.326 e. The zero-order chi connectivity index (χ0) is 10.7. The Morgan fingerprint density at radius 2 is 2.43 bits per heavy atom. The molecule has 0 radical (unpaired) electrons. The lowest BCUT2D eigenvalue weighted by atomic mass is 10.1. The van der Waals surface area contributed by atoms with Gasteiger partial charge in [-0.2, -0.15) is 0 Å². The fraction of sp³-hybridized carbons (Fsp3) is 0.778. The van der Waals surface area contributed by atoms with E-state index in [-0.39, 0.29) is 11.8 Å². The maximum atomic E-state index is 11.5. The van der Waals surface area contributed by atoms with E-state index in [2.05, 4.69) is 0 Å². The molecule has 80 valence electrons. The Kier molecular flexibility index (Phi) is 3.46. The lowest BCUT2D eigenvalue weighted by molar-refractivity contribution is -0.148. The molecule has 0 bridgehead atoms. The number of hydrogen-bond donors (Lipinski definition) is 2. The summed E-state index contributed by atoms with van der Waals surface area (Å²) in [7, 11) is 0. The third-order valence-electron chi connectivity index (χ3n) is 2.62. The summed E-state index contributed by atoms with van der Waals surface area (Å²) < 4.78 is 0. The van der Waals surface area contributed by atoms with E-state index in [0.29, 0.717) is 25.9 Å². The predicted molar refractivity (Wildman–Crippen MR) is 50.6 cm³/mol. The van der Waals surface area contributed by atoms with Gasteiger partial charge in [0, 0.05) is 13.0 Å². The van der Waals surface area contributed by atoms with Gasteiger partial charge in [-0.25, -0.2) is 4.79 Å². The summed E-state index contributed by atoms with van der Waals surface area (Å²) in [6.07, 6.45) is 0.832. The minimum absolute atomic E-state index is 0.0882. The van der Waals surface area contributed by atoms with Gasteiger partial charge >= 0.3 is 5.97 Å². The van der Waals surface area contributed by atoms with Crippen molar-refractivity contribution in [2.24, 2.45) is 11.7 Å². The van der Waals surface area contributed by atoms with Crippen LogP contribution in [0.15, 0.2) is 0 Å². The number of carbonyl (C=O) groups is 2. The first-order valence-electron chi connectivity index (χ1n) is 4.82. The molecule has 1 rings (SSSR count). The summed E-state index contributed by atoms with van der Waals surface area (Å²) in [5, 5.41) is 8.89. The number of carboxylic acid groups (broad SMARTS) is 1. The molecular formula is C9H16N2O3. The van der Waals surface area contributed by atoms with E-state index in [9.17, 15) is 9.59 Å². The molecule has 3 N–H and O–H groups in total. The molecule has 2 atom stereocenters. The Morgan fingerprint density at radius 1 is 1.79 bits per heavy atom. The highest BCUT2D eigenvalue weighted by molar-refractivity contribution is 5.85. The van der Waals surface area contributed by atoms with Crippen molar-refractivity contribution in [3.63, 3.8) is 0 Å². The van der Waals surface area contributed by atoms with E-state index in [1.165, 1.54) is 4.90 Å². The van der Waals surface area contributed by atoms with Crippen molar-refractivity contribution in [2.45, 2.75) is 25.8 Å². The minimum Gasteiger partial charge on any atom is -0.480 e. The van der Waals surface area contributed by atoms with E-state index < -0.39 is 12.0 Å². The normalized spacial score (nSPS) is 24.0. The van der Waals surface area contributed by atoms with Crippen LogP contribution in [0.1, 0.15) is 19.8 Å². The second kappa shape index (κ2) is 4.41. The Labute approximate surface area is 82.9 Å². The third kappa shape index (κ3) is 2.04. The first-order valence-corrected chi connectivity index (χ1v) is 4.82. The summed E-state index contributed by atoms with van der Waals surface area (Å²) in [4.78, 5) is 23.7. The van der Waals surface area contributed by atoms with Crippen LogP contribution >= 0.6 is 0 Å². The van der Waals surface area contributed by atoms with E-state index >= 15 is 0 Å². The van der Waals surface area contributed by atoms with E-state index in [1.807, 2.05) is 0 Å². The van der Waals surface area contributed by atoms with Crippen molar-refractivity contribution in [1.82, 2.24) is 4.90 Å². The minimum atomic E-state index is -0.932. The molecule has 5 heteroatoms. The molecular weight excluding hydrogens is 184 g/mol. The molecule has 5 nitrogen and oxygen atoms in total. The van der Waals surface area contributed by atoms with Gasteiger partial charge in [0.2, 0.25) is 5.91 Å². The van der Waals surface area contributed by atoms with E-state index in [0.717, 1.165) is 0 Å². The van der Waals surface area contributed by atoms with Crippen molar-refractivity contribution in [1.29, 1.82) is 0 Å². The fourth-order valence-corrected chi connectivity index (χ4v) is 1.80. The molecule has 0 aliphatic carbocycles. The average molecular weight is 200 g/mol. The van der Waals surface area contributed by atoms with Gasteiger partial charge < -0.3 is 15.7 Å². The van der Waals surface area contributed by atoms with Crippen LogP contribution in [-0.4, -0.2) is 41.0 Å². The fourth-order valence-electron chi connectivity index (χ4n) is 1.80. The highest BCUT2D eigenvalue weighted by atomic mass is 16.4. The monoisotopic (exact) mass is 200 g/mol. The summed E-state index contributed by atoms with van der Waals surface area (Å²) in [6, 6.07) is -0.681. The van der Waals surface area contributed by atoms with Crippen molar-refractivity contribution in [3.8, 4) is 0 Å². The average Bonchev–Trinajstić information content (AvgIpc) is 2.48. The zero-order valence-corrected chi connectivity index (χ0v) is 8.27. The van der Waals surface area contributed by atoms with Crippen LogP contribution in [0.3, 0.4) is 0 Å². The topological polar surface area (TPSA) is 83.6 Å². The number of rotatable bonds is 4. The lowest BCUT2D eigenvalue weighted by Gasteiger charge is -2.23. The summed E-state index contributed by atoms with van der Waals surface area (Å²) in [5.41, 5.74) is 5.45. The van der Waals surface area contributed by atoms with Gasteiger partial charge in [-0.05, 0) is 18.9 Å². The molecule has 1 aliphatic heterocycles. The molecule has 1 heterocycles. The van der Waals surface area contributed by atoms with Crippen LogP contribution in [0.25, 0.3) is 0 Å². The molecule has 14 heavy (non-hydrogen) atoms. The molecule has 0 aromatic carbocycles. The van der Waals surface area contributed by atoms with Gasteiger partial charge in [-0.15, -0.1) is 0 Å². The SMILES string of the molecule is CCC(C(=O)O)N1CC(CN)CC1=O. The molecule has 0 saturated carbocycles. The van der Waals surface area contributed by atoms with Crippen molar-refractivity contribution in [3.05, 3.63) is 0 Å². The van der Waals surface area contributed by atoms with Gasteiger partial charge in [0.15, 0.2) is 0 Å². The largest absolute Gasteiger partial charge is 0.480 e. The number of carbonyl (C=O) groups excluding carboxylic acids is 1. The second-order valence-corrected chi connectivity index (χ2v) is 3.61. The molecule has 1 fully saturated rings. The number of nitrogens with two attached hydrogens (primary N) is 1. The van der Waals surface area contributed by atoms with Crippen LogP contribution in [0.4, 0.5) is 0 Å². The molecule has 0 aromatic heterocycles. The second-order valence-electron chi connectivity index (χ2n) is 3.61. The first kappa shape index (κ1) is 11.0. The van der Waals surface area contributed by atoms with Crippen molar-refractivity contribution >= 4 is 11.9 Å². The summed E-state index contributed by atoms with van der Waals surface area (Å²) in [5.74, 6) is -0.899. The Balaban J connectivity index is 2.68. The number of nitrogens with zero attached hydrogens (tertiary/aromatic N) is 1. The quantitative estimate of drug-likeness (QED) is 0.650. The van der Waals surface area contributed by atoms with Crippen LogP contribution in [0.2, 0.25) is 0 Å². The van der Waals surface area contributed by atoms with Crippen LogP contribution < -0.4 is 5.73 Å². The molecule has 1 aliphatic rings. The standard InChI is InChI=1S/C9H16N2O3/c1-2-7(9(13)14)11-5-6(4-10)3-8(11)12/h6-7H,2-5,10H2,1H3,(H,13,14). The molecule has 0 spiro atoms. The Bertz CT molecular complexity index is 242. The molecule has 1 amide bonds. The number of aliphatic carboxylic acids is 1. The lowest BCUT2D eigenvalue weighted by Crippen LogP contribution is -2.42. The maximum Gasteiger partial charge on any atom is 0.326 e. The Morgan fingerprint density at radius 3 is 2.79 bits per heavy atom. The number of likely N-dealkylation sites (tertiary alicyclic amines) is 1. The van der Waals surface area contributed by atoms with Crippen molar-refractivity contribution in [2.75, 3.05) is 13.1 Å². The van der Waals surface area contributed by atoms with Crippen LogP contribution in [0.5, 0.6) is 0 Å². The maximum absolute atomic E-state index is 11.5. The zero-order valence-electron chi connectivity index (χ0n) is 8.27. The summed E-state index contributed by atoms with van der Waals surface area (Å²) >= 11 is 0. The number of amides is 1. The molecule has 1 saturated heterocycles. The van der Waals surface area contributed by atoms with Crippen molar-refractivity contribution < 1.29 is 14.7 Å². The van der Waals surface area contributed by atoms with Gasteiger partial charge in [0.1, 0.15) is 6.04 Å². The van der Waals surface area contributed by atoms with Crippen LogP contribution in [0, 0.1) is 5.92 Å². The Hall–Kier alpha value is -1.10. The van der Waals surface area contributed by atoms with Crippen LogP contribution in [-0.2, 0) is 9.59 Å². The van der Waals surface area contributed by atoms with Gasteiger partial charge in [0.25, 0.3) is 0 Å². The predicted octanol–water partition coefficient (Wildman–Crippen LogP) is -0.343. The highest BCUT2D eigenvalue weighted by Gasteiger charge is 2.35. The third-order valence-corrected chi connectivity index (χ3v) is 2.62. The highest BCUT2D eigenvalue weighted by Crippen LogP contribution is 2.20. The number of hydrogen-bond acceptors (Lipinski definition) is 3. The van der Waals surface area contributed by atoms with Gasteiger partial charge in [-0.1, -0.05) is 6.92 Å². The van der Waals surface area contributed by atoms with Gasteiger partial charge in [0.05, 0.1) is 0 Å². The first-order chi connectivity index (χ1) is 6.60. The van der Waals surface area contributed by atoms with Gasteiger partial charge in [-0.3, -0.25) is 4.79 Å². The van der Waals surface area contributed by atoms with E-state index in [4.69, 9.17) is 10.8 Å².